The van der Waals surface area contributed by atoms with Gasteiger partial charge in [0.05, 0.1) is 6.61 Å². The van der Waals surface area contributed by atoms with Gasteiger partial charge < -0.3 is 10.1 Å². The molecule has 0 bridgehead atoms. The Kier molecular flexibility index (Phi) is 6.27. The van der Waals surface area contributed by atoms with Gasteiger partial charge in [-0.2, -0.15) is 0 Å². The molecule has 0 aromatic heterocycles. The highest BCUT2D eigenvalue weighted by molar-refractivity contribution is 5.81. The van der Waals surface area contributed by atoms with E-state index in [2.05, 4.69) is 11.9 Å². The predicted octanol–water partition coefficient (Wildman–Crippen LogP) is 2.66. The van der Waals surface area contributed by atoms with Crippen molar-refractivity contribution in [2.75, 3.05) is 13.2 Å². The Morgan fingerprint density at radius 3 is 2.65 bits per heavy atom. The Morgan fingerprint density at radius 1 is 1.47 bits per heavy atom. The average molecular weight is 239 g/mol. The first-order chi connectivity index (χ1) is 8.13. The number of likely N-dealkylation sites (N-methyl/N-ethyl adjacent to an activating group) is 1. The molecule has 98 valence electrons. The number of carbonyl (C=O) groups excluding carboxylic acids is 1. The molecule has 1 fully saturated rings. The monoisotopic (exact) mass is 239 g/mol. The molecule has 0 saturated heterocycles. The molecule has 3 nitrogen and oxygen atoms in total. The highest BCUT2D eigenvalue weighted by Crippen LogP contribution is 2.25. The summed E-state index contributed by atoms with van der Waals surface area (Å²) in [6, 6.07) is 0. The van der Waals surface area contributed by atoms with Crippen molar-refractivity contribution >= 4 is 5.91 Å². The van der Waals surface area contributed by atoms with Crippen LogP contribution in [-0.2, 0) is 9.53 Å². The normalized spacial score (nSPS) is 18.0. The van der Waals surface area contributed by atoms with Crippen LogP contribution in [0.4, 0.5) is 0 Å². The maximum absolute atomic E-state index is 11.8. The molecular formula is C14H25NO2. The molecule has 1 rings (SSSR count). The zero-order valence-corrected chi connectivity index (χ0v) is 11.1. The van der Waals surface area contributed by atoms with Crippen molar-refractivity contribution in [3.63, 3.8) is 0 Å². The molecule has 0 heterocycles. The number of amides is 1. The smallest absolute Gasteiger partial charge is 0.249 e. The molecule has 1 aliphatic carbocycles. The lowest BCUT2D eigenvalue weighted by molar-refractivity contribution is -0.133. The molecule has 0 aliphatic heterocycles. The van der Waals surface area contributed by atoms with E-state index >= 15 is 0 Å². The van der Waals surface area contributed by atoms with Crippen LogP contribution >= 0.6 is 0 Å². The van der Waals surface area contributed by atoms with Crippen LogP contribution in [0.3, 0.4) is 0 Å². The van der Waals surface area contributed by atoms with E-state index in [-0.39, 0.29) is 12.0 Å². The third-order valence-electron chi connectivity index (χ3n) is 3.19. The van der Waals surface area contributed by atoms with Gasteiger partial charge >= 0.3 is 0 Å². The van der Waals surface area contributed by atoms with Gasteiger partial charge in [0.2, 0.25) is 5.91 Å². The molecule has 0 aromatic rings. The second kappa shape index (κ2) is 7.49. The summed E-state index contributed by atoms with van der Waals surface area (Å²) in [7, 11) is 0. The fourth-order valence-electron chi connectivity index (χ4n) is 2.26. The molecule has 0 radical (unpaired) electrons. The van der Waals surface area contributed by atoms with Gasteiger partial charge in [-0.3, -0.25) is 4.79 Å². The average Bonchev–Trinajstić information content (AvgIpc) is 2.76. The van der Waals surface area contributed by atoms with Crippen molar-refractivity contribution in [1.82, 2.24) is 5.32 Å². The van der Waals surface area contributed by atoms with E-state index in [0.29, 0.717) is 18.9 Å². The summed E-state index contributed by atoms with van der Waals surface area (Å²) in [5.74, 6) is 0.644. The van der Waals surface area contributed by atoms with Crippen molar-refractivity contribution < 1.29 is 9.53 Å². The van der Waals surface area contributed by atoms with E-state index in [0.717, 1.165) is 12.2 Å². The zero-order chi connectivity index (χ0) is 12.7. The van der Waals surface area contributed by atoms with Gasteiger partial charge in [-0.1, -0.05) is 18.4 Å². The molecule has 3 heteroatoms. The highest BCUT2D eigenvalue weighted by atomic mass is 16.5. The topological polar surface area (TPSA) is 38.3 Å². The predicted molar refractivity (Wildman–Crippen MR) is 69.8 cm³/mol. The van der Waals surface area contributed by atoms with Gasteiger partial charge in [-0.25, -0.2) is 0 Å². The van der Waals surface area contributed by atoms with E-state index < -0.39 is 0 Å². The summed E-state index contributed by atoms with van der Waals surface area (Å²) in [4.78, 5) is 11.8. The fraction of sp³-hybridized carbons (Fsp3) is 0.786. The minimum absolute atomic E-state index is 0.00602. The van der Waals surface area contributed by atoms with Crippen molar-refractivity contribution in [3.05, 3.63) is 12.2 Å². The number of rotatable bonds is 7. The Bertz CT molecular complexity index is 257. The Labute approximate surface area is 105 Å². The molecule has 0 aromatic carbocycles. The number of hydrogen-bond acceptors (Lipinski definition) is 2. The van der Waals surface area contributed by atoms with Gasteiger partial charge in [0.15, 0.2) is 0 Å². The van der Waals surface area contributed by atoms with E-state index in [1.807, 2.05) is 13.8 Å². The maximum atomic E-state index is 11.8. The lowest BCUT2D eigenvalue weighted by Gasteiger charge is -2.19. The van der Waals surface area contributed by atoms with Crippen LogP contribution < -0.4 is 5.32 Å². The Morgan fingerprint density at radius 2 is 2.12 bits per heavy atom. The number of nitrogens with one attached hydrogen (secondary N) is 1. The molecule has 1 atom stereocenters. The SMILES string of the molecule is C=C(C)CC(OCC1CCCC1)C(=O)NCC. The van der Waals surface area contributed by atoms with E-state index in [1.54, 1.807) is 0 Å². The number of ether oxygens (including phenoxy) is 1. The molecule has 17 heavy (non-hydrogen) atoms. The van der Waals surface area contributed by atoms with E-state index in [1.165, 1.54) is 25.7 Å². The van der Waals surface area contributed by atoms with Gasteiger partial charge in [-0.05, 0) is 32.6 Å². The molecule has 1 saturated carbocycles. The molecule has 0 spiro atoms. The minimum atomic E-state index is -0.354. The second-order valence-corrected chi connectivity index (χ2v) is 5.03. The number of hydrogen-bond donors (Lipinski definition) is 1. The lowest BCUT2D eigenvalue weighted by Crippen LogP contribution is -2.37. The summed E-state index contributed by atoms with van der Waals surface area (Å²) in [5.41, 5.74) is 0.993. The fourth-order valence-corrected chi connectivity index (χ4v) is 2.26. The Hall–Kier alpha value is -0.830. The molecular weight excluding hydrogens is 214 g/mol. The lowest BCUT2D eigenvalue weighted by atomic mass is 10.1. The van der Waals surface area contributed by atoms with Crippen molar-refractivity contribution in [2.45, 2.75) is 52.1 Å². The molecule has 1 unspecified atom stereocenters. The summed E-state index contributed by atoms with van der Waals surface area (Å²) in [6.45, 7) is 9.08. The van der Waals surface area contributed by atoms with Gasteiger partial charge in [0.25, 0.3) is 0 Å². The largest absolute Gasteiger partial charge is 0.368 e. The zero-order valence-electron chi connectivity index (χ0n) is 11.1. The first-order valence-electron chi connectivity index (χ1n) is 6.67. The quantitative estimate of drug-likeness (QED) is 0.694. The highest BCUT2D eigenvalue weighted by Gasteiger charge is 2.22. The summed E-state index contributed by atoms with van der Waals surface area (Å²) in [5, 5.41) is 2.82. The standard InChI is InChI=1S/C14H25NO2/c1-4-15-14(16)13(9-11(2)3)17-10-12-7-5-6-8-12/h12-13H,2,4-10H2,1,3H3,(H,15,16). The van der Waals surface area contributed by atoms with Gasteiger partial charge in [0, 0.05) is 13.0 Å². The van der Waals surface area contributed by atoms with Crippen LogP contribution in [0.2, 0.25) is 0 Å². The maximum Gasteiger partial charge on any atom is 0.249 e. The molecule has 1 aliphatic rings. The molecule has 1 amide bonds. The van der Waals surface area contributed by atoms with E-state index in [4.69, 9.17) is 4.74 Å². The summed E-state index contributed by atoms with van der Waals surface area (Å²) in [6.07, 6.45) is 5.37. The van der Waals surface area contributed by atoms with Gasteiger partial charge in [0.1, 0.15) is 6.10 Å². The third kappa shape index (κ3) is 5.35. The van der Waals surface area contributed by atoms with Crippen LogP contribution in [0.25, 0.3) is 0 Å². The van der Waals surface area contributed by atoms with Crippen molar-refractivity contribution in [1.29, 1.82) is 0 Å². The van der Waals surface area contributed by atoms with Crippen LogP contribution in [0.1, 0.15) is 46.0 Å². The number of carbonyl (C=O) groups is 1. The molecule has 1 N–H and O–H groups in total. The van der Waals surface area contributed by atoms with Crippen LogP contribution in [0.5, 0.6) is 0 Å². The minimum Gasteiger partial charge on any atom is -0.368 e. The van der Waals surface area contributed by atoms with Crippen LogP contribution in [0, 0.1) is 5.92 Å². The first-order valence-corrected chi connectivity index (χ1v) is 6.67. The Balaban J connectivity index is 2.38. The second-order valence-electron chi connectivity index (χ2n) is 5.03. The summed E-state index contributed by atoms with van der Waals surface area (Å²) >= 11 is 0. The van der Waals surface area contributed by atoms with Crippen LogP contribution in [-0.4, -0.2) is 25.2 Å². The first kappa shape index (κ1) is 14.2. The van der Waals surface area contributed by atoms with Crippen molar-refractivity contribution in [3.8, 4) is 0 Å². The van der Waals surface area contributed by atoms with E-state index in [9.17, 15) is 4.79 Å². The van der Waals surface area contributed by atoms with Crippen molar-refractivity contribution in [2.24, 2.45) is 5.92 Å². The van der Waals surface area contributed by atoms with Crippen LogP contribution in [0.15, 0.2) is 12.2 Å². The third-order valence-corrected chi connectivity index (χ3v) is 3.19. The summed E-state index contributed by atoms with van der Waals surface area (Å²) < 4.78 is 5.78. The van der Waals surface area contributed by atoms with Gasteiger partial charge in [-0.15, -0.1) is 6.58 Å².